The Balaban J connectivity index is 1.30. The molecule has 4 aromatic rings. The predicted molar refractivity (Wildman–Crippen MR) is 130 cm³/mol. The number of hydrogen-bond donors (Lipinski definition) is 1. The van der Waals surface area contributed by atoms with E-state index in [1.165, 1.54) is 11.1 Å². The summed E-state index contributed by atoms with van der Waals surface area (Å²) in [5.41, 5.74) is 4.82. The maximum absolute atomic E-state index is 13.0. The first kappa shape index (κ1) is 21.6. The van der Waals surface area contributed by atoms with E-state index in [9.17, 15) is 4.79 Å². The van der Waals surface area contributed by atoms with Gasteiger partial charge in [0.15, 0.2) is 0 Å². The number of aromatic nitrogens is 2. The minimum absolute atomic E-state index is 0.0393. The van der Waals surface area contributed by atoms with E-state index < -0.39 is 0 Å². The Morgan fingerprint density at radius 3 is 2.56 bits per heavy atom. The van der Waals surface area contributed by atoms with Crippen molar-refractivity contribution in [1.82, 2.24) is 15.3 Å². The predicted octanol–water partition coefficient (Wildman–Crippen LogP) is 5.75. The van der Waals surface area contributed by atoms with Gasteiger partial charge in [0.05, 0.1) is 13.2 Å². The molecule has 1 aromatic heterocycles. The molecule has 170 valence electrons. The molecule has 0 bridgehead atoms. The number of amides is 1. The van der Waals surface area contributed by atoms with Crippen LogP contribution in [0.2, 0.25) is 0 Å². The molecule has 3 aromatic carbocycles. The first-order chi connectivity index (χ1) is 16.7. The van der Waals surface area contributed by atoms with Gasteiger partial charge in [-0.05, 0) is 60.2 Å². The van der Waals surface area contributed by atoms with E-state index in [1.54, 1.807) is 25.6 Å². The van der Waals surface area contributed by atoms with Crippen LogP contribution in [-0.4, -0.2) is 23.0 Å². The molecular formula is C28H25N3O3. The van der Waals surface area contributed by atoms with Crippen LogP contribution in [0.1, 0.15) is 40.4 Å². The number of hydrogen-bond acceptors (Lipinski definition) is 5. The molecular weight excluding hydrogens is 426 g/mol. The summed E-state index contributed by atoms with van der Waals surface area (Å²) in [5, 5.41) is 3.22. The molecule has 0 spiro atoms. The lowest BCUT2D eigenvalue weighted by Crippen LogP contribution is -2.30. The first-order valence-corrected chi connectivity index (χ1v) is 11.3. The van der Waals surface area contributed by atoms with E-state index in [0.29, 0.717) is 17.1 Å². The SMILES string of the molecule is COc1cccc(Oc2ncc(-c3cccc(C(=O)NC4CCCc5ccccc54)c3)cn2)c1. The lowest BCUT2D eigenvalue weighted by atomic mass is 9.87. The van der Waals surface area contributed by atoms with Gasteiger partial charge in [-0.15, -0.1) is 0 Å². The van der Waals surface area contributed by atoms with Gasteiger partial charge in [0, 0.05) is 29.6 Å². The van der Waals surface area contributed by atoms with Crippen molar-refractivity contribution in [2.75, 3.05) is 7.11 Å². The van der Waals surface area contributed by atoms with Crippen molar-refractivity contribution >= 4 is 5.91 Å². The van der Waals surface area contributed by atoms with Crippen molar-refractivity contribution < 1.29 is 14.3 Å². The summed E-state index contributed by atoms with van der Waals surface area (Å²) in [6.45, 7) is 0. The Hall–Kier alpha value is -4.19. The second-order valence-electron chi connectivity index (χ2n) is 8.23. The van der Waals surface area contributed by atoms with Gasteiger partial charge >= 0.3 is 6.01 Å². The monoisotopic (exact) mass is 451 g/mol. The molecule has 0 fully saturated rings. The minimum Gasteiger partial charge on any atom is -0.497 e. The highest BCUT2D eigenvalue weighted by Gasteiger charge is 2.22. The van der Waals surface area contributed by atoms with Gasteiger partial charge in [0.1, 0.15) is 11.5 Å². The lowest BCUT2D eigenvalue weighted by Gasteiger charge is -2.26. The number of nitrogens with zero attached hydrogens (tertiary/aromatic N) is 2. The van der Waals surface area contributed by atoms with Crippen LogP contribution in [0, 0.1) is 0 Å². The summed E-state index contributed by atoms with van der Waals surface area (Å²) in [5.74, 6) is 1.21. The Kier molecular flexibility index (Phi) is 6.21. The fourth-order valence-corrected chi connectivity index (χ4v) is 4.27. The van der Waals surface area contributed by atoms with Crippen LogP contribution in [0.25, 0.3) is 11.1 Å². The third-order valence-electron chi connectivity index (χ3n) is 6.01. The standard InChI is InChI=1S/C28H25N3O3/c1-33-23-11-6-12-24(16-23)34-28-29-17-22(18-30-28)20-9-4-10-21(15-20)27(32)31-26-14-5-8-19-7-2-3-13-25(19)26/h2-4,6-7,9-13,15-18,26H,5,8,14H2,1H3,(H,31,32). The molecule has 1 unspecified atom stereocenters. The lowest BCUT2D eigenvalue weighted by molar-refractivity contribution is 0.0933. The van der Waals surface area contributed by atoms with E-state index >= 15 is 0 Å². The zero-order chi connectivity index (χ0) is 23.3. The molecule has 1 heterocycles. The van der Waals surface area contributed by atoms with E-state index in [0.717, 1.165) is 30.4 Å². The van der Waals surface area contributed by atoms with Crippen LogP contribution in [0.4, 0.5) is 0 Å². The maximum atomic E-state index is 13.0. The number of fused-ring (bicyclic) bond motifs is 1. The molecule has 6 nitrogen and oxygen atoms in total. The highest BCUT2D eigenvalue weighted by molar-refractivity contribution is 5.95. The minimum atomic E-state index is -0.0811. The summed E-state index contributed by atoms with van der Waals surface area (Å²) in [6.07, 6.45) is 6.47. The quantitative estimate of drug-likeness (QED) is 0.404. The van der Waals surface area contributed by atoms with E-state index in [4.69, 9.17) is 9.47 Å². The van der Waals surface area contributed by atoms with Gasteiger partial charge in [0.2, 0.25) is 0 Å². The number of carbonyl (C=O) groups is 1. The van der Waals surface area contributed by atoms with E-state index in [-0.39, 0.29) is 18.0 Å². The normalized spacial score (nSPS) is 14.7. The second-order valence-corrected chi connectivity index (χ2v) is 8.23. The largest absolute Gasteiger partial charge is 0.497 e. The third kappa shape index (κ3) is 4.76. The van der Waals surface area contributed by atoms with Crippen molar-refractivity contribution in [3.8, 4) is 28.6 Å². The van der Waals surface area contributed by atoms with Crippen LogP contribution in [0.3, 0.4) is 0 Å². The molecule has 0 aliphatic heterocycles. The number of rotatable bonds is 6. The van der Waals surface area contributed by atoms with Crippen molar-refractivity contribution in [2.45, 2.75) is 25.3 Å². The van der Waals surface area contributed by atoms with Gasteiger partial charge in [-0.1, -0.05) is 42.5 Å². The highest BCUT2D eigenvalue weighted by atomic mass is 16.5. The smallest absolute Gasteiger partial charge is 0.321 e. The summed E-state index contributed by atoms with van der Waals surface area (Å²) in [6, 6.07) is 23.4. The van der Waals surface area contributed by atoms with Gasteiger partial charge in [-0.2, -0.15) is 0 Å². The fraction of sp³-hybridized carbons (Fsp3) is 0.179. The number of carbonyl (C=O) groups excluding carboxylic acids is 1. The molecule has 1 aliphatic rings. The molecule has 34 heavy (non-hydrogen) atoms. The number of aryl methyl sites for hydroxylation is 1. The average Bonchev–Trinajstić information content (AvgIpc) is 2.89. The molecule has 1 aliphatic carbocycles. The Bertz CT molecular complexity index is 1300. The van der Waals surface area contributed by atoms with Crippen LogP contribution in [0.15, 0.2) is 85.2 Å². The zero-order valence-electron chi connectivity index (χ0n) is 18.9. The van der Waals surface area contributed by atoms with Crippen molar-refractivity contribution in [3.63, 3.8) is 0 Å². The molecule has 0 radical (unpaired) electrons. The zero-order valence-corrected chi connectivity index (χ0v) is 18.9. The van der Waals surface area contributed by atoms with Crippen molar-refractivity contribution in [2.24, 2.45) is 0 Å². The highest BCUT2D eigenvalue weighted by Crippen LogP contribution is 2.30. The second kappa shape index (κ2) is 9.75. The van der Waals surface area contributed by atoms with Gasteiger partial charge in [-0.3, -0.25) is 4.79 Å². The van der Waals surface area contributed by atoms with Crippen LogP contribution >= 0.6 is 0 Å². The molecule has 1 atom stereocenters. The van der Waals surface area contributed by atoms with Crippen molar-refractivity contribution in [1.29, 1.82) is 0 Å². The summed E-state index contributed by atoms with van der Waals surface area (Å²) in [4.78, 5) is 21.7. The first-order valence-electron chi connectivity index (χ1n) is 11.3. The molecule has 1 amide bonds. The van der Waals surface area contributed by atoms with Gasteiger partial charge < -0.3 is 14.8 Å². The van der Waals surface area contributed by atoms with Gasteiger partial charge in [-0.25, -0.2) is 9.97 Å². The third-order valence-corrected chi connectivity index (χ3v) is 6.01. The molecule has 5 rings (SSSR count). The Labute approximate surface area is 198 Å². The van der Waals surface area contributed by atoms with E-state index in [2.05, 4.69) is 33.5 Å². The summed E-state index contributed by atoms with van der Waals surface area (Å²) in [7, 11) is 1.60. The topological polar surface area (TPSA) is 73.3 Å². The number of ether oxygens (including phenoxy) is 2. The molecule has 1 N–H and O–H groups in total. The number of nitrogens with one attached hydrogen (secondary N) is 1. The number of methoxy groups -OCH3 is 1. The van der Waals surface area contributed by atoms with Crippen molar-refractivity contribution in [3.05, 3.63) is 102 Å². The van der Waals surface area contributed by atoms with Crippen LogP contribution < -0.4 is 14.8 Å². The Morgan fingerprint density at radius 1 is 0.912 bits per heavy atom. The summed E-state index contributed by atoms with van der Waals surface area (Å²) < 4.78 is 10.9. The van der Waals surface area contributed by atoms with Crippen LogP contribution in [-0.2, 0) is 6.42 Å². The molecule has 0 saturated heterocycles. The number of benzene rings is 3. The molecule has 6 heteroatoms. The molecule has 0 saturated carbocycles. The van der Waals surface area contributed by atoms with E-state index in [1.807, 2.05) is 48.5 Å². The van der Waals surface area contributed by atoms with Crippen LogP contribution in [0.5, 0.6) is 17.5 Å². The summed E-state index contributed by atoms with van der Waals surface area (Å²) >= 11 is 0. The van der Waals surface area contributed by atoms with Gasteiger partial charge in [0.25, 0.3) is 5.91 Å². The average molecular weight is 452 g/mol. The fourth-order valence-electron chi connectivity index (χ4n) is 4.27. The Morgan fingerprint density at radius 2 is 1.71 bits per heavy atom. The maximum Gasteiger partial charge on any atom is 0.321 e.